The minimum absolute atomic E-state index is 0.0367. The number of hydrazine groups is 1. The summed E-state index contributed by atoms with van der Waals surface area (Å²) in [6.45, 7) is 0.268. The van der Waals surface area contributed by atoms with Gasteiger partial charge < -0.3 is 10.7 Å². The third-order valence-electron chi connectivity index (χ3n) is 2.02. The number of sulfone groups is 1. The van der Waals surface area contributed by atoms with Crippen LogP contribution in [0.4, 0.5) is 5.82 Å². The van der Waals surface area contributed by atoms with Gasteiger partial charge in [0.05, 0.1) is 5.75 Å². The first kappa shape index (κ1) is 14.3. The van der Waals surface area contributed by atoms with Crippen LogP contribution in [-0.4, -0.2) is 43.1 Å². The molecule has 0 aliphatic heterocycles. The predicted octanol–water partition coefficient (Wildman–Crippen LogP) is -1.07. The van der Waals surface area contributed by atoms with Gasteiger partial charge >= 0.3 is 0 Å². The molecular formula is C9H15N5O3S. The maximum atomic E-state index is 11.6. The number of carbonyl (C=O) groups is 1. The van der Waals surface area contributed by atoms with Gasteiger partial charge in [0, 0.05) is 12.8 Å². The normalized spacial score (nSPS) is 11.0. The molecule has 0 atom stereocenters. The molecule has 0 aliphatic rings. The van der Waals surface area contributed by atoms with Crippen LogP contribution in [0.3, 0.4) is 0 Å². The number of nitrogens with one attached hydrogen (secondary N) is 2. The van der Waals surface area contributed by atoms with Crippen LogP contribution < -0.4 is 16.6 Å². The smallest absolute Gasteiger partial charge is 0.271 e. The van der Waals surface area contributed by atoms with E-state index >= 15 is 0 Å². The molecule has 0 unspecified atom stereocenters. The van der Waals surface area contributed by atoms with Gasteiger partial charge in [-0.1, -0.05) is 0 Å². The Morgan fingerprint density at radius 3 is 2.61 bits per heavy atom. The second-order valence-electron chi connectivity index (χ2n) is 3.69. The summed E-state index contributed by atoms with van der Waals surface area (Å²) in [6.07, 6.45) is 1.51. The van der Waals surface area contributed by atoms with Gasteiger partial charge in [0.25, 0.3) is 5.91 Å². The number of nitrogens with zero attached hydrogens (tertiary/aromatic N) is 2. The molecule has 0 aliphatic carbocycles. The largest absolute Gasteiger partial charge is 0.351 e. The van der Waals surface area contributed by atoms with E-state index in [4.69, 9.17) is 5.84 Å². The van der Waals surface area contributed by atoms with Crippen LogP contribution >= 0.6 is 0 Å². The number of rotatable bonds is 6. The Balaban J connectivity index is 2.40. The monoisotopic (exact) mass is 273 g/mol. The lowest BCUT2D eigenvalue weighted by Gasteiger charge is -2.04. The number of nitrogen functional groups attached to an aromatic ring is 1. The molecule has 0 fully saturated rings. The number of nitrogens with two attached hydrogens (primary N) is 1. The second kappa shape index (κ2) is 6.26. The molecule has 0 saturated carbocycles. The maximum Gasteiger partial charge on any atom is 0.271 e. The Labute approximate surface area is 105 Å². The van der Waals surface area contributed by atoms with E-state index in [0.717, 1.165) is 6.26 Å². The summed E-state index contributed by atoms with van der Waals surface area (Å²) in [5, 5.41) is 9.85. The SMILES string of the molecule is CS(=O)(=O)CCCNC(=O)c1ccc(NN)nn1. The number of carbonyl (C=O) groups excluding carboxylic acids is 1. The van der Waals surface area contributed by atoms with Gasteiger partial charge in [-0.15, -0.1) is 10.2 Å². The molecule has 0 saturated heterocycles. The molecule has 0 radical (unpaired) electrons. The zero-order chi connectivity index (χ0) is 13.6. The van der Waals surface area contributed by atoms with E-state index in [0.29, 0.717) is 12.2 Å². The van der Waals surface area contributed by atoms with Crippen LogP contribution in [0.15, 0.2) is 12.1 Å². The fourth-order valence-electron chi connectivity index (χ4n) is 1.16. The average Bonchev–Trinajstić information content (AvgIpc) is 2.33. The summed E-state index contributed by atoms with van der Waals surface area (Å²) in [5.41, 5.74) is 2.44. The van der Waals surface area contributed by atoms with Crippen molar-refractivity contribution in [2.75, 3.05) is 24.0 Å². The first-order chi connectivity index (χ1) is 8.42. The van der Waals surface area contributed by atoms with Gasteiger partial charge in [-0.3, -0.25) is 4.79 Å². The molecule has 1 heterocycles. The van der Waals surface area contributed by atoms with Crippen LogP contribution in [0.25, 0.3) is 0 Å². The highest BCUT2D eigenvalue weighted by atomic mass is 32.2. The molecule has 8 nitrogen and oxygen atoms in total. The highest BCUT2D eigenvalue weighted by molar-refractivity contribution is 7.90. The number of hydrogen-bond acceptors (Lipinski definition) is 7. The van der Waals surface area contributed by atoms with Gasteiger partial charge in [-0.05, 0) is 18.6 Å². The van der Waals surface area contributed by atoms with Crippen molar-refractivity contribution in [2.24, 2.45) is 5.84 Å². The molecule has 1 amide bonds. The summed E-state index contributed by atoms with van der Waals surface area (Å²) < 4.78 is 21.7. The lowest BCUT2D eigenvalue weighted by molar-refractivity contribution is 0.0947. The van der Waals surface area contributed by atoms with Crippen molar-refractivity contribution < 1.29 is 13.2 Å². The third-order valence-corrected chi connectivity index (χ3v) is 3.05. The van der Waals surface area contributed by atoms with Crippen molar-refractivity contribution in [3.8, 4) is 0 Å². The Kier molecular flexibility index (Phi) is 4.98. The minimum atomic E-state index is -3.00. The molecule has 0 bridgehead atoms. The van der Waals surface area contributed by atoms with Crippen LogP contribution in [0.1, 0.15) is 16.9 Å². The van der Waals surface area contributed by atoms with E-state index in [1.807, 2.05) is 0 Å². The van der Waals surface area contributed by atoms with Gasteiger partial charge in [-0.25, -0.2) is 14.3 Å². The molecule has 9 heteroatoms. The van der Waals surface area contributed by atoms with Crippen LogP contribution in [0.5, 0.6) is 0 Å². The summed E-state index contributed by atoms with van der Waals surface area (Å²) in [6, 6.07) is 2.98. The van der Waals surface area contributed by atoms with Gasteiger partial charge in [0.2, 0.25) is 0 Å². The van der Waals surface area contributed by atoms with Gasteiger partial charge in [0.1, 0.15) is 9.84 Å². The van der Waals surface area contributed by atoms with Crippen molar-refractivity contribution in [1.82, 2.24) is 15.5 Å². The molecule has 18 heavy (non-hydrogen) atoms. The summed E-state index contributed by atoms with van der Waals surface area (Å²) in [5.74, 6) is 5.09. The summed E-state index contributed by atoms with van der Waals surface area (Å²) in [4.78, 5) is 11.6. The van der Waals surface area contributed by atoms with Crippen molar-refractivity contribution in [1.29, 1.82) is 0 Å². The van der Waals surface area contributed by atoms with E-state index in [9.17, 15) is 13.2 Å². The Bertz CT molecular complexity index is 499. The van der Waals surface area contributed by atoms with Gasteiger partial charge in [-0.2, -0.15) is 0 Å². The summed E-state index contributed by atoms with van der Waals surface area (Å²) >= 11 is 0. The quantitative estimate of drug-likeness (QED) is 0.342. The van der Waals surface area contributed by atoms with Crippen molar-refractivity contribution in [3.05, 3.63) is 17.8 Å². The fourth-order valence-corrected chi connectivity index (χ4v) is 1.83. The van der Waals surface area contributed by atoms with Crippen molar-refractivity contribution >= 4 is 21.6 Å². The molecule has 4 N–H and O–H groups in total. The van der Waals surface area contributed by atoms with E-state index in [1.54, 1.807) is 0 Å². The van der Waals surface area contributed by atoms with Crippen molar-refractivity contribution in [3.63, 3.8) is 0 Å². The highest BCUT2D eigenvalue weighted by Crippen LogP contribution is 1.99. The molecule has 1 aromatic heterocycles. The first-order valence-corrected chi connectivity index (χ1v) is 7.25. The zero-order valence-corrected chi connectivity index (χ0v) is 10.7. The van der Waals surface area contributed by atoms with Crippen molar-refractivity contribution in [2.45, 2.75) is 6.42 Å². The average molecular weight is 273 g/mol. The molecule has 0 aromatic carbocycles. The standard InChI is InChI=1S/C9H15N5O3S/c1-18(16,17)6-2-5-11-9(15)7-3-4-8(12-10)14-13-7/h3-4H,2,5-6,10H2,1H3,(H,11,15)(H,12,14). The number of aromatic nitrogens is 2. The van der Waals surface area contributed by atoms with Gasteiger partial charge in [0.15, 0.2) is 11.5 Å². The van der Waals surface area contributed by atoms with Crippen LogP contribution in [0.2, 0.25) is 0 Å². The van der Waals surface area contributed by atoms with E-state index in [-0.39, 0.29) is 18.0 Å². The third kappa shape index (κ3) is 5.06. The lowest BCUT2D eigenvalue weighted by Crippen LogP contribution is -2.27. The minimum Gasteiger partial charge on any atom is -0.351 e. The molecule has 1 rings (SSSR count). The predicted molar refractivity (Wildman–Crippen MR) is 66.5 cm³/mol. The Morgan fingerprint density at radius 2 is 2.11 bits per heavy atom. The number of amides is 1. The highest BCUT2D eigenvalue weighted by Gasteiger charge is 2.08. The fraction of sp³-hybridized carbons (Fsp3) is 0.444. The molecule has 0 spiro atoms. The first-order valence-electron chi connectivity index (χ1n) is 5.18. The zero-order valence-electron chi connectivity index (χ0n) is 9.88. The molecule has 100 valence electrons. The molecular weight excluding hydrogens is 258 g/mol. The van der Waals surface area contributed by atoms with Crippen LogP contribution in [0, 0.1) is 0 Å². The lowest BCUT2D eigenvalue weighted by atomic mass is 10.3. The number of hydrogen-bond donors (Lipinski definition) is 3. The van der Waals surface area contributed by atoms with E-state index < -0.39 is 15.7 Å². The Morgan fingerprint density at radius 1 is 1.39 bits per heavy atom. The van der Waals surface area contributed by atoms with E-state index in [2.05, 4.69) is 20.9 Å². The second-order valence-corrected chi connectivity index (χ2v) is 5.95. The molecule has 1 aromatic rings. The maximum absolute atomic E-state index is 11.6. The number of anilines is 1. The van der Waals surface area contributed by atoms with E-state index in [1.165, 1.54) is 12.1 Å². The van der Waals surface area contributed by atoms with Crippen LogP contribution in [-0.2, 0) is 9.84 Å². The summed E-state index contributed by atoms with van der Waals surface area (Å²) in [7, 11) is -3.00. The Hall–Kier alpha value is -1.74. The topological polar surface area (TPSA) is 127 Å².